The first-order chi connectivity index (χ1) is 13.6. The number of hydrogen-bond acceptors (Lipinski definition) is 2. The molecule has 0 spiro atoms. The summed E-state index contributed by atoms with van der Waals surface area (Å²) in [6.45, 7) is 8.90. The minimum Gasteiger partial charge on any atom is -0.357 e. The fraction of sp³-hybridized carbons (Fsp3) is 0.440. The van der Waals surface area contributed by atoms with Crippen LogP contribution in [0.5, 0.6) is 0 Å². The first-order valence-corrected chi connectivity index (χ1v) is 10.8. The highest BCUT2D eigenvalue weighted by Gasteiger charge is 2.26. The van der Waals surface area contributed by atoms with E-state index >= 15 is 0 Å². The number of H-pyrrole nitrogens is 1. The Labute approximate surface area is 167 Å². The average molecular weight is 374 g/mol. The van der Waals surface area contributed by atoms with Gasteiger partial charge in [-0.1, -0.05) is 32.0 Å². The van der Waals surface area contributed by atoms with Crippen molar-refractivity contribution < 1.29 is 0 Å². The van der Waals surface area contributed by atoms with Gasteiger partial charge in [0, 0.05) is 41.8 Å². The molecule has 0 saturated heterocycles. The van der Waals surface area contributed by atoms with Crippen LogP contribution in [0, 0.1) is 5.92 Å². The van der Waals surface area contributed by atoms with Gasteiger partial charge in [-0.15, -0.1) is 0 Å². The third-order valence-electron chi connectivity index (χ3n) is 6.84. The Kier molecular flexibility index (Phi) is 4.53. The monoisotopic (exact) mass is 373 g/mol. The van der Waals surface area contributed by atoms with E-state index in [9.17, 15) is 0 Å². The molecule has 146 valence electrons. The molecule has 2 aromatic carbocycles. The third-order valence-corrected chi connectivity index (χ3v) is 6.84. The second kappa shape index (κ2) is 7.06. The lowest BCUT2D eigenvalue weighted by molar-refractivity contribution is 0.347. The van der Waals surface area contributed by atoms with Crippen molar-refractivity contribution in [3.63, 3.8) is 0 Å². The number of aryl methyl sites for hydroxylation is 1. The van der Waals surface area contributed by atoms with Gasteiger partial charge in [0.05, 0.1) is 0 Å². The maximum Gasteiger partial charge on any atom is 0.0478 e. The minimum atomic E-state index is 0.447. The molecule has 2 aliphatic rings. The summed E-state index contributed by atoms with van der Waals surface area (Å²) in [6, 6.07) is 14.9. The average Bonchev–Trinajstić information content (AvgIpc) is 3.31. The second-order valence-electron chi connectivity index (χ2n) is 9.01. The number of nitrogens with one attached hydrogen (secondary N) is 3. The van der Waals surface area contributed by atoms with Crippen molar-refractivity contribution in [2.24, 2.45) is 5.92 Å². The molecule has 28 heavy (non-hydrogen) atoms. The van der Waals surface area contributed by atoms with E-state index in [0.717, 1.165) is 13.1 Å². The van der Waals surface area contributed by atoms with Crippen LogP contribution in [-0.4, -0.2) is 11.0 Å². The number of benzene rings is 2. The van der Waals surface area contributed by atoms with Crippen LogP contribution in [0.25, 0.3) is 22.0 Å². The molecule has 5 rings (SSSR count). The molecule has 0 fully saturated rings. The summed E-state index contributed by atoms with van der Waals surface area (Å²) in [5.74, 6) is 0.649. The number of hydrogen-bond donors (Lipinski definition) is 3. The molecule has 2 heterocycles. The number of aromatic amines is 1. The highest BCUT2D eigenvalue weighted by Crippen LogP contribution is 2.37. The zero-order valence-electron chi connectivity index (χ0n) is 17.2. The van der Waals surface area contributed by atoms with E-state index < -0.39 is 0 Å². The molecular weight excluding hydrogens is 342 g/mol. The lowest BCUT2D eigenvalue weighted by Crippen LogP contribution is -2.36. The van der Waals surface area contributed by atoms with Crippen LogP contribution in [0.4, 0.5) is 0 Å². The first kappa shape index (κ1) is 18.0. The molecule has 3 aromatic rings. The minimum absolute atomic E-state index is 0.447. The van der Waals surface area contributed by atoms with Gasteiger partial charge in [-0.25, -0.2) is 0 Å². The molecule has 0 radical (unpaired) electrons. The summed E-state index contributed by atoms with van der Waals surface area (Å²) in [5, 5.41) is 8.73. The number of aromatic nitrogens is 1. The molecule has 3 heteroatoms. The Bertz CT molecular complexity index is 1010. The Balaban J connectivity index is 1.52. The fourth-order valence-electron chi connectivity index (χ4n) is 4.79. The quantitative estimate of drug-likeness (QED) is 0.569. The summed E-state index contributed by atoms with van der Waals surface area (Å²) in [5.41, 5.74) is 9.77. The van der Waals surface area contributed by atoms with E-state index in [-0.39, 0.29) is 0 Å². The van der Waals surface area contributed by atoms with Crippen LogP contribution in [0.15, 0.2) is 36.4 Å². The van der Waals surface area contributed by atoms with Gasteiger partial charge in [-0.3, -0.25) is 0 Å². The molecule has 0 saturated carbocycles. The molecular formula is C25H31N3. The standard InChI is InChI=1S/C25H31N3/c1-15(2)16(3)27-24-6-4-5-21-22-12-18(9-10-23(22)28-25(21)24)17-7-8-19-13-26-14-20(19)11-17/h7-12,15-16,24,26-28H,4-6,13-14H2,1-3H3/t16-,24?/m1/s1. The van der Waals surface area contributed by atoms with E-state index in [4.69, 9.17) is 0 Å². The Hall–Kier alpha value is -2.10. The van der Waals surface area contributed by atoms with Gasteiger partial charge >= 0.3 is 0 Å². The van der Waals surface area contributed by atoms with Gasteiger partial charge in [0.2, 0.25) is 0 Å². The fourth-order valence-corrected chi connectivity index (χ4v) is 4.79. The van der Waals surface area contributed by atoms with Gasteiger partial charge in [0.15, 0.2) is 0 Å². The summed E-state index contributed by atoms with van der Waals surface area (Å²) in [7, 11) is 0. The number of fused-ring (bicyclic) bond motifs is 4. The zero-order chi connectivity index (χ0) is 19.3. The second-order valence-corrected chi connectivity index (χ2v) is 9.01. The molecule has 2 atom stereocenters. The maximum atomic E-state index is 3.87. The van der Waals surface area contributed by atoms with Gasteiger partial charge in [0.25, 0.3) is 0 Å². The molecule has 1 unspecified atom stereocenters. The van der Waals surface area contributed by atoms with Crippen molar-refractivity contribution in [1.29, 1.82) is 0 Å². The summed E-state index contributed by atoms with van der Waals surface area (Å²) >= 11 is 0. The summed E-state index contributed by atoms with van der Waals surface area (Å²) in [6.07, 6.45) is 3.67. The molecule has 0 bridgehead atoms. The van der Waals surface area contributed by atoms with Crippen LogP contribution in [-0.2, 0) is 19.5 Å². The normalized spacial score (nSPS) is 19.8. The topological polar surface area (TPSA) is 39.9 Å². The first-order valence-electron chi connectivity index (χ1n) is 10.8. The van der Waals surface area contributed by atoms with E-state index in [1.54, 1.807) is 0 Å². The SMILES string of the molecule is CC(C)[C@@H](C)NC1CCCc2c1[nH]c1ccc(-c3ccc4c(c3)CNC4)cc21. The van der Waals surface area contributed by atoms with Crippen molar-refractivity contribution >= 4 is 10.9 Å². The largest absolute Gasteiger partial charge is 0.357 e. The van der Waals surface area contributed by atoms with Crippen molar-refractivity contribution in [2.75, 3.05) is 0 Å². The molecule has 1 aliphatic heterocycles. The van der Waals surface area contributed by atoms with Crippen molar-refractivity contribution in [3.05, 3.63) is 58.8 Å². The lowest BCUT2D eigenvalue weighted by Gasteiger charge is -2.29. The van der Waals surface area contributed by atoms with E-state index in [0.29, 0.717) is 18.0 Å². The molecule has 1 aromatic heterocycles. The summed E-state index contributed by atoms with van der Waals surface area (Å²) < 4.78 is 0. The predicted molar refractivity (Wildman–Crippen MR) is 117 cm³/mol. The predicted octanol–water partition coefficient (Wildman–Crippen LogP) is 5.45. The van der Waals surface area contributed by atoms with E-state index in [1.807, 2.05) is 0 Å². The number of rotatable bonds is 4. The van der Waals surface area contributed by atoms with E-state index in [2.05, 4.69) is 72.8 Å². The zero-order valence-corrected chi connectivity index (χ0v) is 17.2. The molecule has 3 N–H and O–H groups in total. The van der Waals surface area contributed by atoms with E-state index in [1.165, 1.54) is 63.7 Å². The van der Waals surface area contributed by atoms with Crippen LogP contribution in [0.3, 0.4) is 0 Å². The smallest absolute Gasteiger partial charge is 0.0478 e. The van der Waals surface area contributed by atoms with Crippen LogP contribution in [0.2, 0.25) is 0 Å². The molecule has 1 aliphatic carbocycles. The molecule has 3 nitrogen and oxygen atoms in total. The van der Waals surface area contributed by atoms with Crippen LogP contribution in [0.1, 0.15) is 62.0 Å². The maximum absolute atomic E-state index is 3.87. The lowest BCUT2D eigenvalue weighted by atomic mass is 9.90. The highest BCUT2D eigenvalue weighted by molar-refractivity contribution is 5.89. The third kappa shape index (κ3) is 3.07. The Morgan fingerprint density at radius 1 is 0.964 bits per heavy atom. The highest BCUT2D eigenvalue weighted by atomic mass is 15.0. The van der Waals surface area contributed by atoms with Crippen LogP contribution < -0.4 is 10.6 Å². The van der Waals surface area contributed by atoms with Gasteiger partial charge in [-0.05, 0) is 78.1 Å². The molecule has 0 amide bonds. The van der Waals surface area contributed by atoms with Gasteiger partial charge in [-0.2, -0.15) is 0 Å². The Morgan fingerprint density at radius 2 is 1.75 bits per heavy atom. The van der Waals surface area contributed by atoms with Crippen molar-refractivity contribution in [2.45, 2.75) is 65.2 Å². The van der Waals surface area contributed by atoms with Crippen molar-refractivity contribution in [1.82, 2.24) is 15.6 Å². The van der Waals surface area contributed by atoms with Crippen molar-refractivity contribution in [3.8, 4) is 11.1 Å². The van der Waals surface area contributed by atoms with Crippen LogP contribution >= 0.6 is 0 Å². The van der Waals surface area contributed by atoms with Gasteiger partial charge < -0.3 is 15.6 Å². The Morgan fingerprint density at radius 3 is 2.61 bits per heavy atom. The summed E-state index contributed by atoms with van der Waals surface area (Å²) in [4.78, 5) is 3.76. The van der Waals surface area contributed by atoms with Gasteiger partial charge in [0.1, 0.15) is 0 Å².